The summed E-state index contributed by atoms with van der Waals surface area (Å²) in [4.78, 5) is 22.9. The lowest BCUT2D eigenvalue weighted by Gasteiger charge is -2.28. The van der Waals surface area contributed by atoms with Crippen LogP contribution < -0.4 is 10.6 Å². The predicted octanol–water partition coefficient (Wildman–Crippen LogP) is 3.63. The van der Waals surface area contributed by atoms with Gasteiger partial charge >= 0.3 is 0 Å². The summed E-state index contributed by atoms with van der Waals surface area (Å²) in [5, 5.41) is 10.4. The molecule has 168 valence electrons. The van der Waals surface area contributed by atoms with Crippen molar-refractivity contribution >= 4 is 17.5 Å². The van der Waals surface area contributed by atoms with Gasteiger partial charge in [-0.05, 0) is 59.0 Å². The maximum absolute atomic E-state index is 14.5. The second-order valence-corrected chi connectivity index (χ2v) is 8.46. The van der Waals surface area contributed by atoms with Crippen LogP contribution in [0.1, 0.15) is 43.1 Å². The number of amides is 1. The Morgan fingerprint density at radius 1 is 1.16 bits per heavy atom. The molecule has 3 aromatic rings. The Hall–Kier alpha value is -3.33. The molecule has 1 aliphatic heterocycles. The highest BCUT2D eigenvalue weighted by atomic mass is 19.1. The van der Waals surface area contributed by atoms with Gasteiger partial charge in [-0.1, -0.05) is 12.1 Å². The van der Waals surface area contributed by atoms with Crippen LogP contribution in [-0.4, -0.2) is 56.7 Å². The Morgan fingerprint density at radius 2 is 1.88 bits per heavy atom. The standard InChI is InChI=1S/C23H28FN7O/c1-15(2)27-22(32)17-6-4-16(5-7-17)21-20(24)13-25-23(29-21)28-18-12-26-31(14-18)19-8-10-30(3)11-9-19/h4-7,12-15,19H,8-11H2,1-3H3,(H,27,32)(H,25,28,29). The van der Waals surface area contributed by atoms with Crippen molar-refractivity contribution in [3.8, 4) is 11.3 Å². The summed E-state index contributed by atoms with van der Waals surface area (Å²) in [6.07, 6.45) is 6.92. The van der Waals surface area contributed by atoms with E-state index >= 15 is 0 Å². The number of hydrogen-bond acceptors (Lipinski definition) is 6. The lowest BCUT2D eigenvalue weighted by molar-refractivity contribution is 0.0943. The molecule has 2 N–H and O–H groups in total. The highest BCUT2D eigenvalue weighted by Gasteiger charge is 2.19. The minimum atomic E-state index is -0.531. The van der Waals surface area contributed by atoms with Gasteiger partial charge in [-0.2, -0.15) is 5.10 Å². The zero-order valence-corrected chi connectivity index (χ0v) is 18.5. The molecule has 1 fully saturated rings. The van der Waals surface area contributed by atoms with E-state index in [0.29, 0.717) is 17.2 Å². The van der Waals surface area contributed by atoms with E-state index < -0.39 is 5.82 Å². The fourth-order valence-electron chi connectivity index (χ4n) is 3.75. The number of nitrogens with zero attached hydrogens (tertiary/aromatic N) is 5. The van der Waals surface area contributed by atoms with Crippen LogP contribution in [-0.2, 0) is 0 Å². The number of rotatable bonds is 6. The van der Waals surface area contributed by atoms with Crippen LogP contribution in [0.4, 0.5) is 16.0 Å². The predicted molar refractivity (Wildman–Crippen MR) is 121 cm³/mol. The molecule has 3 heterocycles. The first-order valence-corrected chi connectivity index (χ1v) is 10.8. The minimum absolute atomic E-state index is 0.0407. The van der Waals surface area contributed by atoms with E-state index in [9.17, 15) is 9.18 Å². The van der Waals surface area contributed by atoms with Gasteiger partial charge < -0.3 is 15.5 Å². The van der Waals surface area contributed by atoms with Crippen molar-refractivity contribution in [2.75, 3.05) is 25.5 Å². The van der Waals surface area contributed by atoms with Gasteiger partial charge in [0, 0.05) is 23.4 Å². The number of likely N-dealkylation sites (tertiary alicyclic amines) is 1. The average molecular weight is 438 g/mol. The summed E-state index contributed by atoms with van der Waals surface area (Å²) in [6, 6.07) is 7.10. The van der Waals surface area contributed by atoms with E-state index in [0.717, 1.165) is 37.8 Å². The van der Waals surface area contributed by atoms with Crippen molar-refractivity contribution in [2.24, 2.45) is 0 Å². The van der Waals surface area contributed by atoms with Crippen LogP contribution in [0.25, 0.3) is 11.3 Å². The first-order valence-electron chi connectivity index (χ1n) is 10.8. The number of piperidine rings is 1. The van der Waals surface area contributed by atoms with Crippen molar-refractivity contribution in [1.82, 2.24) is 30.0 Å². The molecular formula is C23H28FN7O. The molecule has 0 bridgehead atoms. The van der Waals surface area contributed by atoms with Gasteiger partial charge in [0.15, 0.2) is 5.82 Å². The van der Waals surface area contributed by atoms with Gasteiger partial charge in [-0.25, -0.2) is 14.4 Å². The van der Waals surface area contributed by atoms with Gasteiger partial charge in [0.1, 0.15) is 5.69 Å². The number of benzene rings is 1. The SMILES string of the molecule is CC(C)NC(=O)c1ccc(-c2nc(Nc3cnn(C4CCN(C)CC4)c3)ncc2F)cc1. The van der Waals surface area contributed by atoms with E-state index in [2.05, 4.69) is 37.6 Å². The summed E-state index contributed by atoms with van der Waals surface area (Å²) in [5.41, 5.74) is 2.00. The maximum atomic E-state index is 14.5. The fraction of sp³-hybridized carbons (Fsp3) is 0.391. The molecule has 8 nitrogen and oxygen atoms in total. The van der Waals surface area contributed by atoms with Crippen LogP contribution in [0, 0.1) is 5.82 Å². The van der Waals surface area contributed by atoms with Crippen molar-refractivity contribution in [3.05, 3.63) is 54.2 Å². The van der Waals surface area contributed by atoms with Crippen molar-refractivity contribution in [2.45, 2.75) is 38.8 Å². The Morgan fingerprint density at radius 3 is 2.56 bits per heavy atom. The van der Waals surface area contributed by atoms with Crippen molar-refractivity contribution < 1.29 is 9.18 Å². The molecule has 1 aliphatic rings. The van der Waals surface area contributed by atoms with Gasteiger partial charge in [0.2, 0.25) is 5.95 Å². The lowest BCUT2D eigenvalue weighted by atomic mass is 10.1. The van der Waals surface area contributed by atoms with E-state index in [4.69, 9.17) is 0 Å². The second-order valence-electron chi connectivity index (χ2n) is 8.46. The highest BCUT2D eigenvalue weighted by Crippen LogP contribution is 2.25. The summed E-state index contributed by atoms with van der Waals surface area (Å²) in [6.45, 7) is 5.90. The molecule has 1 aromatic carbocycles. The summed E-state index contributed by atoms with van der Waals surface area (Å²) < 4.78 is 16.4. The molecule has 9 heteroatoms. The van der Waals surface area contributed by atoms with E-state index in [-0.39, 0.29) is 23.6 Å². The summed E-state index contributed by atoms with van der Waals surface area (Å²) in [7, 11) is 2.13. The molecule has 2 aromatic heterocycles. The lowest BCUT2D eigenvalue weighted by Crippen LogP contribution is -2.31. The van der Waals surface area contributed by atoms with Crippen LogP contribution in [0.15, 0.2) is 42.9 Å². The van der Waals surface area contributed by atoms with Crippen LogP contribution >= 0.6 is 0 Å². The molecule has 4 rings (SSSR count). The zero-order chi connectivity index (χ0) is 22.7. The molecular weight excluding hydrogens is 409 g/mol. The molecule has 0 spiro atoms. The Bertz CT molecular complexity index is 1070. The number of anilines is 2. The monoisotopic (exact) mass is 437 g/mol. The Labute approximate surface area is 186 Å². The Balaban J connectivity index is 1.48. The molecule has 0 saturated carbocycles. The number of carbonyl (C=O) groups excluding carboxylic acids is 1. The maximum Gasteiger partial charge on any atom is 0.251 e. The number of carbonyl (C=O) groups is 1. The first kappa shape index (κ1) is 21.9. The smallest absolute Gasteiger partial charge is 0.251 e. The normalized spacial score (nSPS) is 15.2. The minimum Gasteiger partial charge on any atom is -0.350 e. The van der Waals surface area contributed by atoms with E-state index in [1.165, 1.54) is 0 Å². The number of nitrogens with one attached hydrogen (secondary N) is 2. The third-order valence-electron chi connectivity index (χ3n) is 5.50. The van der Waals surface area contributed by atoms with Crippen LogP contribution in [0.5, 0.6) is 0 Å². The molecule has 1 saturated heterocycles. The molecule has 0 unspecified atom stereocenters. The highest BCUT2D eigenvalue weighted by molar-refractivity contribution is 5.94. The van der Waals surface area contributed by atoms with E-state index in [1.807, 2.05) is 24.7 Å². The molecule has 0 radical (unpaired) electrons. The third-order valence-corrected chi connectivity index (χ3v) is 5.50. The fourth-order valence-corrected chi connectivity index (χ4v) is 3.75. The average Bonchev–Trinajstić information content (AvgIpc) is 3.24. The quantitative estimate of drug-likeness (QED) is 0.612. The van der Waals surface area contributed by atoms with Crippen molar-refractivity contribution in [1.29, 1.82) is 0 Å². The third kappa shape index (κ3) is 5.11. The number of aromatic nitrogens is 4. The number of halogens is 1. The van der Waals surface area contributed by atoms with Gasteiger partial charge in [-0.15, -0.1) is 0 Å². The van der Waals surface area contributed by atoms with Gasteiger partial charge in [0.05, 0.1) is 24.1 Å². The first-order chi connectivity index (χ1) is 15.4. The summed E-state index contributed by atoms with van der Waals surface area (Å²) in [5.74, 6) is -0.415. The summed E-state index contributed by atoms with van der Waals surface area (Å²) >= 11 is 0. The molecule has 1 amide bonds. The zero-order valence-electron chi connectivity index (χ0n) is 18.5. The van der Waals surface area contributed by atoms with Gasteiger partial charge in [0.25, 0.3) is 5.91 Å². The Kier molecular flexibility index (Phi) is 6.45. The van der Waals surface area contributed by atoms with Crippen molar-refractivity contribution in [3.63, 3.8) is 0 Å². The van der Waals surface area contributed by atoms with Gasteiger partial charge in [-0.3, -0.25) is 9.48 Å². The van der Waals surface area contributed by atoms with E-state index in [1.54, 1.807) is 30.5 Å². The molecule has 0 atom stereocenters. The second kappa shape index (κ2) is 9.44. The molecule has 32 heavy (non-hydrogen) atoms. The molecule has 0 aliphatic carbocycles. The topological polar surface area (TPSA) is 88.0 Å². The largest absolute Gasteiger partial charge is 0.350 e. The van der Waals surface area contributed by atoms with Crippen LogP contribution in [0.2, 0.25) is 0 Å². The number of hydrogen-bond donors (Lipinski definition) is 2. The van der Waals surface area contributed by atoms with Crippen LogP contribution in [0.3, 0.4) is 0 Å².